The van der Waals surface area contributed by atoms with Crippen LogP contribution in [0, 0.1) is 5.82 Å². The van der Waals surface area contributed by atoms with E-state index in [1.165, 1.54) is 12.1 Å². The highest BCUT2D eigenvalue weighted by Crippen LogP contribution is 2.31. The number of hydrogen-bond acceptors (Lipinski definition) is 3. The molecule has 2 aromatic heterocycles. The van der Waals surface area contributed by atoms with Crippen LogP contribution in [0.15, 0.2) is 61.1 Å². The Bertz CT molecular complexity index is 1260. The summed E-state index contributed by atoms with van der Waals surface area (Å²) in [6.45, 7) is 1.56. The van der Waals surface area contributed by atoms with Gasteiger partial charge in [-0.3, -0.25) is 4.40 Å². The van der Waals surface area contributed by atoms with E-state index in [9.17, 15) is 9.18 Å². The molecule has 0 bridgehead atoms. The van der Waals surface area contributed by atoms with Crippen LogP contribution in [-0.4, -0.2) is 38.4 Å². The Hall–Kier alpha value is -3.45. The number of nitrogens with one attached hydrogen (secondary N) is 1. The smallest absolute Gasteiger partial charge is 0.321 e. The lowest BCUT2D eigenvalue weighted by Crippen LogP contribution is -2.32. The van der Waals surface area contributed by atoms with Gasteiger partial charge in [0.25, 0.3) is 0 Å². The van der Waals surface area contributed by atoms with Gasteiger partial charge in [-0.25, -0.2) is 19.2 Å². The van der Waals surface area contributed by atoms with Crippen LogP contribution >= 0.6 is 11.6 Å². The zero-order valence-corrected chi connectivity index (χ0v) is 17.3. The first-order valence-electron chi connectivity index (χ1n) is 10.0. The van der Waals surface area contributed by atoms with E-state index < -0.39 is 0 Å². The predicted molar refractivity (Wildman–Crippen MR) is 119 cm³/mol. The number of nitrogens with zero attached hydrogens (tertiary/aromatic N) is 4. The van der Waals surface area contributed by atoms with Gasteiger partial charge in [-0.2, -0.15) is 0 Å². The summed E-state index contributed by atoms with van der Waals surface area (Å²) in [6, 6.07) is 11.5. The standard InChI is InChI=1S/C23H19ClFN5O/c24-20-8-7-18(27-23(31)29-9-1-2-10-29)11-19(20)21-14-30-13-16(12-26-22(30)28-21)15-3-5-17(25)6-4-15/h3-8,11-14H,1-2,9-10H2,(H,27,31). The van der Waals surface area contributed by atoms with E-state index in [-0.39, 0.29) is 11.8 Å². The topological polar surface area (TPSA) is 62.5 Å². The Balaban J connectivity index is 1.45. The Morgan fingerprint density at radius 2 is 1.81 bits per heavy atom. The van der Waals surface area contributed by atoms with Crippen LogP contribution in [0.5, 0.6) is 0 Å². The van der Waals surface area contributed by atoms with Gasteiger partial charge in [-0.05, 0) is 48.7 Å². The third-order valence-corrected chi connectivity index (χ3v) is 5.70. The molecule has 1 fully saturated rings. The molecule has 2 aromatic carbocycles. The molecule has 0 unspecified atom stereocenters. The second kappa shape index (κ2) is 8.00. The molecular formula is C23H19ClFN5O. The molecule has 6 nitrogen and oxygen atoms in total. The average molecular weight is 436 g/mol. The van der Waals surface area contributed by atoms with Gasteiger partial charge >= 0.3 is 6.03 Å². The van der Waals surface area contributed by atoms with Crippen molar-refractivity contribution in [1.29, 1.82) is 0 Å². The number of imidazole rings is 1. The van der Waals surface area contributed by atoms with Gasteiger partial charge in [0.2, 0.25) is 5.78 Å². The fraction of sp³-hybridized carbons (Fsp3) is 0.174. The normalized spacial score (nSPS) is 13.7. The van der Waals surface area contributed by atoms with Crippen LogP contribution in [0.4, 0.5) is 14.9 Å². The lowest BCUT2D eigenvalue weighted by atomic mass is 10.1. The lowest BCUT2D eigenvalue weighted by molar-refractivity contribution is 0.222. The number of halogens is 2. The number of carbonyl (C=O) groups excluding carboxylic acids is 1. The quantitative estimate of drug-likeness (QED) is 0.463. The van der Waals surface area contributed by atoms with Gasteiger partial charge in [-0.15, -0.1) is 0 Å². The minimum atomic E-state index is -0.283. The fourth-order valence-electron chi connectivity index (χ4n) is 3.73. The van der Waals surface area contributed by atoms with Crippen molar-refractivity contribution in [3.63, 3.8) is 0 Å². The summed E-state index contributed by atoms with van der Waals surface area (Å²) in [5, 5.41) is 3.47. The number of hydrogen-bond donors (Lipinski definition) is 1. The maximum absolute atomic E-state index is 13.2. The number of fused-ring (bicyclic) bond motifs is 1. The van der Waals surface area contributed by atoms with Crippen molar-refractivity contribution >= 4 is 29.1 Å². The molecule has 2 amide bonds. The first-order valence-corrected chi connectivity index (χ1v) is 10.4. The molecule has 1 N–H and O–H groups in total. The maximum Gasteiger partial charge on any atom is 0.321 e. The van der Waals surface area contributed by atoms with Gasteiger partial charge in [0.15, 0.2) is 0 Å². The average Bonchev–Trinajstić information content (AvgIpc) is 3.45. The zero-order valence-electron chi connectivity index (χ0n) is 16.6. The molecule has 0 aliphatic carbocycles. The highest BCUT2D eigenvalue weighted by atomic mass is 35.5. The summed E-state index contributed by atoms with van der Waals surface area (Å²) in [7, 11) is 0. The van der Waals surface area contributed by atoms with Crippen molar-refractivity contribution in [2.24, 2.45) is 0 Å². The second-order valence-corrected chi connectivity index (χ2v) is 7.91. The second-order valence-electron chi connectivity index (χ2n) is 7.50. The molecule has 4 aromatic rings. The number of likely N-dealkylation sites (tertiary alicyclic amines) is 1. The largest absolute Gasteiger partial charge is 0.325 e. The Kier molecular flexibility index (Phi) is 5.03. The SMILES string of the molecule is O=C(Nc1ccc(Cl)c(-c2cn3cc(-c4ccc(F)cc4)cnc3n2)c1)N1CCCC1. The van der Waals surface area contributed by atoms with E-state index in [4.69, 9.17) is 11.6 Å². The van der Waals surface area contributed by atoms with Crippen LogP contribution in [-0.2, 0) is 0 Å². The predicted octanol–water partition coefficient (Wildman–Crippen LogP) is 5.48. The maximum atomic E-state index is 13.2. The fourth-order valence-corrected chi connectivity index (χ4v) is 3.94. The highest BCUT2D eigenvalue weighted by molar-refractivity contribution is 6.33. The number of aromatic nitrogens is 3. The Labute approximate surface area is 183 Å². The minimum absolute atomic E-state index is 0.105. The van der Waals surface area contributed by atoms with Crippen LogP contribution in [0.25, 0.3) is 28.2 Å². The van der Waals surface area contributed by atoms with Crippen molar-refractivity contribution in [2.75, 3.05) is 18.4 Å². The molecule has 3 heterocycles. The van der Waals surface area contributed by atoms with E-state index in [2.05, 4.69) is 15.3 Å². The van der Waals surface area contributed by atoms with Crippen molar-refractivity contribution < 1.29 is 9.18 Å². The molecule has 1 saturated heterocycles. The first kappa shape index (κ1) is 19.5. The number of benzene rings is 2. The molecule has 156 valence electrons. The third kappa shape index (κ3) is 3.96. The summed E-state index contributed by atoms with van der Waals surface area (Å²) in [6.07, 6.45) is 7.50. The number of urea groups is 1. The number of carbonyl (C=O) groups is 1. The van der Waals surface area contributed by atoms with E-state index in [0.717, 1.165) is 37.1 Å². The van der Waals surface area contributed by atoms with Gasteiger partial charge in [0.1, 0.15) is 5.82 Å². The van der Waals surface area contributed by atoms with E-state index >= 15 is 0 Å². The highest BCUT2D eigenvalue weighted by Gasteiger charge is 2.18. The molecule has 1 aliphatic rings. The molecule has 8 heteroatoms. The van der Waals surface area contributed by atoms with E-state index in [0.29, 0.717) is 27.7 Å². The number of rotatable bonds is 3. The number of anilines is 1. The van der Waals surface area contributed by atoms with Crippen LogP contribution < -0.4 is 5.32 Å². The molecule has 0 spiro atoms. The van der Waals surface area contributed by atoms with E-state index in [1.54, 1.807) is 39.8 Å². The zero-order chi connectivity index (χ0) is 21.4. The van der Waals surface area contributed by atoms with Crippen molar-refractivity contribution in [2.45, 2.75) is 12.8 Å². The molecule has 5 rings (SSSR count). The Morgan fingerprint density at radius 3 is 2.58 bits per heavy atom. The third-order valence-electron chi connectivity index (χ3n) is 5.37. The molecule has 0 atom stereocenters. The molecular weight excluding hydrogens is 417 g/mol. The van der Waals surface area contributed by atoms with Gasteiger partial charge in [0.05, 0.1) is 10.7 Å². The lowest BCUT2D eigenvalue weighted by Gasteiger charge is -2.16. The minimum Gasteiger partial charge on any atom is -0.325 e. The Morgan fingerprint density at radius 1 is 1.03 bits per heavy atom. The summed E-state index contributed by atoms with van der Waals surface area (Å²) >= 11 is 6.44. The van der Waals surface area contributed by atoms with Gasteiger partial charge in [-0.1, -0.05) is 23.7 Å². The molecule has 0 radical (unpaired) electrons. The van der Waals surface area contributed by atoms with Crippen molar-refractivity contribution in [3.05, 3.63) is 71.9 Å². The first-order chi connectivity index (χ1) is 15.1. The molecule has 31 heavy (non-hydrogen) atoms. The van der Waals surface area contributed by atoms with Crippen LogP contribution in [0.2, 0.25) is 5.02 Å². The number of amides is 2. The van der Waals surface area contributed by atoms with Gasteiger partial charge < -0.3 is 10.2 Å². The molecule has 0 saturated carbocycles. The monoisotopic (exact) mass is 435 g/mol. The summed E-state index contributed by atoms with van der Waals surface area (Å²) in [5.74, 6) is 0.234. The summed E-state index contributed by atoms with van der Waals surface area (Å²) in [5.41, 5.74) is 3.71. The summed E-state index contributed by atoms with van der Waals surface area (Å²) < 4.78 is 15.0. The van der Waals surface area contributed by atoms with Crippen LogP contribution in [0.3, 0.4) is 0 Å². The van der Waals surface area contributed by atoms with Crippen molar-refractivity contribution in [1.82, 2.24) is 19.3 Å². The van der Waals surface area contributed by atoms with Gasteiger partial charge in [0, 0.05) is 48.5 Å². The van der Waals surface area contributed by atoms with E-state index in [1.807, 2.05) is 18.5 Å². The summed E-state index contributed by atoms with van der Waals surface area (Å²) in [4.78, 5) is 23.2. The van der Waals surface area contributed by atoms with Crippen molar-refractivity contribution in [3.8, 4) is 22.4 Å². The molecule has 1 aliphatic heterocycles. The van der Waals surface area contributed by atoms with Crippen LogP contribution in [0.1, 0.15) is 12.8 Å².